The third-order valence-corrected chi connectivity index (χ3v) is 3.62. The Balaban J connectivity index is 2.31. The number of fused-ring (bicyclic) bond motifs is 1. The van der Waals surface area contributed by atoms with Gasteiger partial charge in [0.05, 0.1) is 9.88 Å². The Bertz CT molecular complexity index is 635. The van der Waals surface area contributed by atoms with Gasteiger partial charge < -0.3 is 0 Å². The number of aromatic nitrogens is 1. The number of aryl methyl sites for hydroxylation is 1. The Kier molecular flexibility index (Phi) is 2.22. The van der Waals surface area contributed by atoms with Gasteiger partial charge in [-0.15, -0.1) is 11.3 Å². The average molecular weight is 225 g/mol. The maximum atomic E-state index is 4.32. The quantitative estimate of drug-likeness (QED) is 0.602. The number of hydrogen-bond donors (Lipinski definition) is 0. The Morgan fingerprint density at radius 2 is 1.81 bits per heavy atom. The van der Waals surface area contributed by atoms with E-state index in [-0.39, 0.29) is 0 Å². The van der Waals surface area contributed by atoms with Crippen molar-refractivity contribution in [2.45, 2.75) is 6.92 Å². The van der Waals surface area contributed by atoms with Crippen molar-refractivity contribution in [3.63, 3.8) is 0 Å². The molecular weight excluding hydrogens is 214 g/mol. The fraction of sp³-hybridized carbons (Fsp3) is 0.0714. The monoisotopic (exact) mass is 225 g/mol. The molecule has 0 atom stereocenters. The number of thiazole rings is 1. The summed E-state index contributed by atoms with van der Waals surface area (Å²) >= 11 is 1.74. The molecule has 1 aromatic heterocycles. The molecule has 0 saturated carbocycles. The summed E-state index contributed by atoms with van der Waals surface area (Å²) in [6, 6.07) is 14.9. The molecule has 0 N–H and O–H groups in total. The number of hydrogen-bond acceptors (Lipinski definition) is 2. The molecule has 0 unspecified atom stereocenters. The van der Waals surface area contributed by atoms with Gasteiger partial charge in [0.15, 0.2) is 0 Å². The molecule has 2 aromatic carbocycles. The number of benzene rings is 2. The van der Waals surface area contributed by atoms with Crippen LogP contribution >= 0.6 is 11.3 Å². The molecule has 3 aromatic rings. The zero-order valence-corrected chi connectivity index (χ0v) is 9.79. The second kappa shape index (κ2) is 3.72. The van der Waals surface area contributed by atoms with Crippen LogP contribution in [0.1, 0.15) is 5.01 Å². The van der Waals surface area contributed by atoms with Crippen molar-refractivity contribution in [2.75, 3.05) is 0 Å². The van der Waals surface area contributed by atoms with Crippen LogP contribution in [0.15, 0.2) is 48.7 Å². The van der Waals surface area contributed by atoms with Crippen LogP contribution in [-0.4, -0.2) is 4.98 Å². The third kappa shape index (κ3) is 1.51. The lowest BCUT2D eigenvalue weighted by Crippen LogP contribution is -1.77. The van der Waals surface area contributed by atoms with E-state index >= 15 is 0 Å². The van der Waals surface area contributed by atoms with Crippen LogP contribution < -0.4 is 0 Å². The highest BCUT2D eigenvalue weighted by Gasteiger charge is 2.05. The summed E-state index contributed by atoms with van der Waals surface area (Å²) < 4.78 is 0. The molecule has 0 aliphatic heterocycles. The summed E-state index contributed by atoms with van der Waals surface area (Å²) in [6.45, 7) is 2.04. The lowest BCUT2D eigenvalue weighted by atomic mass is 10.0. The maximum Gasteiger partial charge on any atom is 0.0900 e. The Labute approximate surface area is 98.4 Å². The molecule has 0 bridgehead atoms. The zero-order valence-electron chi connectivity index (χ0n) is 8.97. The smallest absolute Gasteiger partial charge is 0.0900 e. The first kappa shape index (κ1) is 9.55. The van der Waals surface area contributed by atoms with Gasteiger partial charge in [-0.3, -0.25) is 0 Å². The molecule has 0 amide bonds. The summed E-state index contributed by atoms with van der Waals surface area (Å²) in [5, 5.41) is 3.70. The molecule has 1 heterocycles. The lowest BCUT2D eigenvalue weighted by Gasteiger charge is -2.03. The van der Waals surface area contributed by atoms with Crippen LogP contribution in [0.25, 0.3) is 21.2 Å². The summed E-state index contributed by atoms with van der Waals surface area (Å²) in [5.41, 5.74) is 1.28. The van der Waals surface area contributed by atoms with E-state index in [0.717, 1.165) is 5.01 Å². The van der Waals surface area contributed by atoms with Gasteiger partial charge in [0.25, 0.3) is 0 Å². The molecule has 0 radical (unpaired) electrons. The van der Waals surface area contributed by atoms with E-state index in [1.54, 1.807) is 11.3 Å². The third-order valence-electron chi connectivity index (χ3n) is 2.68. The average Bonchev–Trinajstić information content (AvgIpc) is 2.75. The fourth-order valence-corrected chi connectivity index (χ4v) is 2.74. The first-order chi connectivity index (χ1) is 7.84. The molecule has 1 nitrogen and oxygen atoms in total. The number of rotatable bonds is 1. The van der Waals surface area contributed by atoms with Gasteiger partial charge in [0, 0.05) is 11.8 Å². The largest absolute Gasteiger partial charge is 0.249 e. The molecule has 0 spiro atoms. The number of nitrogens with zero attached hydrogens (tertiary/aromatic N) is 1. The van der Waals surface area contributed by atoms with Crippen LogP contribution in [0, 0.1) is 6.92 Å². The van der Waals surface area contributed by atoms with E-state index in [4.69, 9.17) is 0 Å². The highest BCUT2D eigenvalue weighted by Crippen LogP contribution is 2.31. The lowest BCUT2D eigenvalue weighted by molar-refractivity contribution is 1.30. The SMILES string of the molecule is Cc1ncc(-c2cccc3ccccc23)s1. The van der Waals surface area contributed by atoms with Gasteiger partial charge in [-0.2, -0.15) is 0 Å². The Morgan fingerprint density at radius 3 is 2.62 bits per heavy atom. The van der Waals surface area contributed by atoms with Crippen LogP contribution in [0.5, 0.6) is 0 Å². The van der Waals surface area contributed by atoms with Crippen LogP contribution in [0.2, 0.25) is 0 Å². The summed E-state index contributed by atoms with van der Waals surface area (Å²) in [6.07, 6.45) is 1.96. The van der Waals surface area contributed by atoms with E-state index in [9.17, 15) is 0 Å². The topological polar surface area (TPSA) is 12.9 Å². The minimum absolute atomic E-state index is 1.11. The van der Waals surface area contributed by atoms with Crippen LogP contribution in [-0.2, 0) is 0 Å². The van der Waals surface area contributed by atoms with Gasteiger partial charge in [0.1, 0.15) is 0 Å². The zero-order chi connectivity index (χ0) is 11.0. The molecule has 16 heavy (non-hydrogen) atoms. The molecule has 0 saturated heterocycles. The van der Waals surface area contributed by atoms with Crippen molar-refractivity contribution in [2.24, 2.45) is 0 Å². The van der Waals surface area contributed by atoms with Crippen molar-refractivity contribution in [1.82, 2.24) is 4.98 Å². The highest BCUT2D eigenvalue weighted by atomic mass is 32.1. The van der Waals surface area contributed by atoms with Gasteiger partial charge in [0.2, 0.25) is 0 Å². The Morgan fingerprint density at radius 1 is 1.00 bits per heavy atom. The molecular formula is C14H11NS. The molecule has 2 heteroatoms. The van der Waals surface area contributed by atoms with Crippen molar-refractivity contribution < 1.29 is 0 Å². The second-order valence-electron chi connectivity index (χ2n) is 3.77. The minimum Gasteiger partial charge on any atom is -0.249 e. The first-order valence-electron chi connectivity index (χ1n) is 5.25. The van der Waals surface area contributed by atoms with Gasteiger partial charge in [-0.05, 0) is 17.7 Å². The normalized spacial score (nSPS) is 10.8. The predicted octanol–water partition coefficient (Wildman–Crippen LogP) is 4.27. The van der Waals surface area contributed by atoms with Crippen LogP contribution in [0.3, 0.4) is 0 Å². The van der Waals surface area contributed by atoms with E-state index in [0.29, 0.717) is 0 Å². The molecule has 0 aliphatic rings. The van der Waals surface area contributed by atoms with Crippen molar-refractivity contribution in [1.29, 1.82) is 0 Å². The molecule has 78 valence electrons. The highest BCUT2D eigenvalue weighted by molar-refractivity contribution is 7.15. The molecule has 0 aliphatic carbocycles. The first-order valence-corrected chi connectivity index (χ1v) is 6.07. The predicted molar refractivity (Wildman–Crippen MR) is 69.8 cm³/mol. The molecule has 3 rings (SSSR count). The molecule has 0 fully saturated rings. The van der Waals surface area contributed by atoms with Gasteiger partial charge >= 0.3 is 0 Å². The summed E-state index contributed by atoms with van der Waals surface area (Å²) in [7, 11) is 0. The van der Waals surface area contributed by atoms with E-state index < -0.39 is 0 Å². The maximum absolute atomic E-state index is 4.32. The fourth-order valence-electron chi connectivity index (χ4n) is 1.93. The summed E-state index contributed by atoms with van der Waals surface area (Å²) in [4.78, 5) is 5.56. The summed E-state index contributed by atoms with van der Waals surface area (Å²) in [5.74, 6) is 0. The Hall–Kier alpha value is -1.67. The van der Waals surface area contributed by atoms with Crippen molar-refractivity contribution in [3.05, 3.63) is 53.7 Å². The van der Waals surface area contributed by atoms with E-state index in [1.165, 1.54) is 21.2 Å². The van der Waals surface area contributed by atoms with Gasteiger partial charge in [-0.25, -0.2) is 4.98 Å². The van der Waals surface area contributed by atoms with Gasteiger partial charge in [-0.1, -0.05) is 42.5 Å². The van der Waals surface area contributed by atoms with E-state index in [2.05, 4.69) is 47.4 Å². The minimum atomic E-state index is 1.11. The standard InChI is InChI=1S/C14H11NS/c1-10-15-9-14(16-10)13-8-4-6-11-5-2-3-7-12(11)13/h2-9H,1H3. The van der Waals surface area contributed by atoms with Crippen molar-refractivity contribution >= 4 is 22.1 Å². The van der Waals surface area contributed by atoms with E-state index in [1.807, 2.05) is 13.1 Å². The van der Waals surface area contributed by atoms with Crippen molar-refractivity contribution in [3.8, 4) is 10.4 Å². The van der Waals surface area contributed by atoms with Crippen LogP contribution in [0.4, 0.5) is 0 Å². The second-order valence-corrected chi connectivity index (χ2v) is 5.01.